The second-order valence-electron chi connectivity index (χ2n) is 5.56. The van der Waals surface area contributed by atoms with E-state index >= 15 is 0 Å². The summed E-state index contributed by atoms with van der Waals surface area (Å²) in [4.78, 5) is 2.25. The van der Waals surface area contributed by atoms with Crippen LogP contribution in [0.15, 0.2) is 42.5 Å². The highest BCUT2D eigenvalue weighted by molar-refractivity contribution is 5.85. The Balaban J connectivity index is 1.92. The molecule has 3 nitrogen and oxygen atoms in total. The number of hydrogen-bond acceptors (Lipinski definition) is 3. The van der Waals surface area contributed by atoms with Crippen molar-refractivity contribution in [1.29, 1.82) is 0 Å². The quantitative estimate of drug-likeness (QED) is 0.895. The molecule has 3 heteroatoms. The zero-order valence-electron chi connectivity index (χ0n) is 11.6. The first-order valence-corrected chi connectivity index (χ1v) is 7.27. The van der Waals surface area contributed by atoms with E-state index in [2.05, 4.69) is 47.4 Å². The molecule has 1 aliphatic heterocycles. The Morgan fingerprint density at radius 1 is 0.900 bits per heavy atom. The second kappa shape index (κ2) is 5.92. The van der Waals surface area contributed by atoms with E-state index in [1.807, 2.05) is 0 Å². The molecule has 3 rings (SSSR count). The molecule has 2 N–H and O–H groups in total. The summed E-state index contributed by atoms with van der Waals surface area (Å²) in [7, 11) is 0. The van der Waals surface area contributed by atoms with Crippen LogP contribution in [0.3, 0.4) is 0 Å². The largest absolute Gasteiger partial charge is 0.395 e. The average molecular weight is 271 g/mol. The SMILES string of the molecule is OC[C@@H]1CC[C@@H](CO)N1Cc1cccc2ccccc12. The van der Waals surface area contributed by atoms with E-state index < -0.39 is 0 Å². The minimum atomic E-state index is 0.168. The Bertz CT molecular complexity index is 567. The fourth-order valence-corrected chi connectivity index (χ4v) is 3.29. The molecule has 0 aromatic heterocycles. The van der Waals surface area contributed by atoms with Crippen LogP contribution >= 0.6 is 0 Å². The lowest BCUT2D eigenvalue weighted by Gasteiger charge is -2.28. The molecule has 0 spiro atoms. The van der Waals surface area contributed by atoms with Gasteiger partial charge in [-0.1, -0.05) is 42.5 Å². The minimum Gasteiger partial charge on any atom is -0.395 e. The van der Waals surface area contributed by atoms with E-state index in [1.165, 1.54) is 16.3 Å². The van der Waals surface area contributed by atoms with Crippen LogP contribution < -0.4 is 0 Å². The topological polar surface area (TPSA) is 43.7 Å². The molecule has 106 valence electrons. The summed E-state index contributed by atoms with van der Waals surface area (Å²) in [6.45, 7) is 1.13. The Labute approximate surface area is 119 Å². The number of fused-ring (bicyclic) bond motifs is 1. The van der Waals surface area contributed by atoms with E-state index in [-0.39, 0.29) is 25.3 Å². The van der Waals surface area contributed by atoms with E-state index in [4.69, 9.17) is 0 Å². The predicted molar refractivity (Wildman–Crippen MR) is 80.5 cm³/mol. The lowest BCUT2D eigenvalue weighted by Crippen LogP contribution is -2.39. The van der Waals surface area contributed by atoms with Crippen LogP contribution in [0.2, 0.25) is 0 Å². The lowest BCUT2D eigenvalue weighted by atomic mass is 10.0. The summed E-state index contributed by atoms with van der Waals surface area (Å²) in [5.74, 6) is 0. The monoisotopic (exact) mass is 271 g/mol. The number of aliphatic hydroxyl groups is 2. The van der Waals surface area contributed by atoms with Gasteiger partial charge in [-0.25, -0.2) is 0 Å². The zero-order valence-corrected chi connectivity index (χ0v) is 11.6. The van der Waals surface area contributed by atoms with Gasteiger partial charge in [0.25, 0.3) is 0 Å². The van der Waals surface area contributed by atoms with Crippen LogP contribution in [0, 0.1) is 0 Å². The van der Waals surface area contributed by atoms with Crippen LogP contribution in [0.1, 0.15) is 18.4 Å². The van der Waals surface area contributed by atoms with Crippen LogP contribution in [-0.4, -0.2) is 40.4 Å². The summed E-state index contributed by atoms with van der Waals surface area (Å²) < 4.78 is 0. The fraction of sp³-hybridized carbons (Fsp3) is 0.412. The molecule has 0 aliphatic carbocycles. The summed E-state index contributed by atoms with van der Waals surface area (Å²) in [6.07, 6.45) is 1.93. The molecule has 1 fully saturated rings. The van der Waals surface area contributed by atoms with Crippen molar-refractivity contribution in [3.63, 3.8) is 0 Å². The third-order valence-corrected chi connectivity index (χ3v) is 4.43. The van der Waals surface area contributed by atoms with Crippen molar-refractivity contribution in [1.82, 2.24) is 4.90 Å². The number of nitrogens with zero attached hydrogens (tertiary/aromatic N) is 1. The van der Waals surface area contributed by atoms with Gasteiger partial charge < -0.3 is 10.2 Å². The number of aliphatic hydroxyl groups excluding tert-OH is 2. The first-order valence-electron chi connectivity index (χ1n) is 7.27. The summed E-state index contributed by atoms with van der Waals surface area (Å²) in [6, 6.07) is 15.1. The van der Waals surface area contributed by atoms with E-state index in [1.54, 1.807) is 0 Å². The molecule has 1 saturated heterocycles. The lowest BCUT2D eigenvalue weighted by molar-refractivity contribution is 0.0906. The molecule has 2 atom stereocenters. The van der Waals surface area contributed by atoms with Gasteiger partial charge in [0, 0.05) is 18.6 Å². The van der Waals surface area contributed by atoms with Crippen LogP contribution in [-0.2, 0) is 6.54 Å². The summed E-state index contributed by atoms with van der Waals surface area (Å²) in [5, 5.41) is 21.5. The number of likely N-dealkylation sites (tertiary alicyclic amines) is 1. The van der Waals surface area contributed by atoms with E-state index in [0.717, 1.165) is 19.4 Å². The molecule has 0 bridgehead atoms. The summed E-state index contributed by atoms with van der Waals surface area (Å²) >= 11 is 0. The van der Waals surface area contributed by atoms with Gasteiger partial charge >= 0.3 is 0 Å². The fourth-order valence-electron chi connectivity index (χ4n) is 3.29. The highest BCUT2D eigenvalue weighted by Gasteiger charge is 2.32. The van der Waals surface area contributed by atoms with Crippen molar-refractivity contribution >= 4 is 10.8 Å². The highest BCUT2D eigenvalue weighted by atomic mass is 16.3. The molecular weight excluding hydrogens is 250 g/mol. The maximum Gasteiger partial charge on any atom is 0.0587 e. The minimum absolute atomic E-state index is 0.168. The normalized spacial score (nSPS) is 23.5. The maximum absolute atomic E-state index is 9.52. The van der Waals surface area contributed by atoms with Crippen molar-refractivity contribution in [3.8, 4) is 0 Å². The molecule has 20 heavy (non-hydrogen) atoms. The Kier molecular flexibility index (Phi) is 4.01. The molecule has 1 aliphatic rings. The van der Waals surface area contributed by atoms with Gasteiger partial charge in [-0.3, -0.25) is 4.90 Å². The van der Waals surface area contributed by atoms with E-state index in [9.17, 15) is 10.2 Å². The highest BCUT2D eigenvalue weighted by Crippen LogP contribution is 2.28. The predicted octanol–water partition coefficient (Wildman–Crippen LogP) is 2.16. The second-order valence-corrected chi connectivity index (χ2v) is 5.56. The molecule has 0 saturated carbocycles. The van der Waals surface area contributed by atoms with Gasteiger partial charge in [0.2, 0.25) is 0 Å². The van der Waals surface area contributed by atoms with Gasteiger partial charge in [0.1, 0.15) is 0 Å². The van der Waals surface area contributed by atoms with Crippen molar-refractivity contribution in [3.05, 3.63) is 48.0 Å². The molecule has 0 radical (unpaired) electrons. The smallest absolute Gasteiger partial charge is 0.0587 e. The van der Waals surface area contributed by atoms with Crippen molar-refractivity contribution < 1.29 is 10.2 Å². The standard InChI is InChI=1S/C17H21NO2/c19-11-15-8-9-16(12-20)18(15)10-14-6-3-5-13-4-1-2-7-17(13)14/h1-7,15-16,19-20H,8-12H2/t15-,16-/m0/s1. The molecule has 2 aromatic carbocycles. The van der Waals surface area contributed by atoms with Crippen molar-refractivity contribution in [2.75, 3.05) is 13.2 Å². The first kappa shape index (κ1) is 13.6. The molecule has 0 unspecified atom stereocenters. The summed E-state index contributed by atoms with van der Waals surface area (Å²) in [5.41, 5.74) is 1.27. The van der Waals surface area contributed by atoms with Gasteiger partial charge in [-0.2, -0.15) is 0 Å². The average Bonchev–Trinajstić information content (AvgIpc) is 2.89. The van der Waals surface area contributed by atoms with Crippen molar-refractivity contribution in [2.45, 2.75) is 31.5 Å². The Morgan fingerprint density at radius 3 is 2.25 bits per heavy atom. The molecule has 2 aromatic rings. The molecular formula is C17H21NO2. The third-order valence-electron chi connectivity index (χ3n) is 4.43. The molecule has 0 amide bonds. The zero-order chi connectivity index (χ0) is 13.9. The van der Waals surface area contributed by atoms with Crippen molar-refractivity contribution in [2.24, 2.45) is 0 Å². The van der Waals surface area contributed by atoms with Gasteiger partial charge in [-0.15, -0.1) is 0 Å². The Morgan fingerprint density at radius 2 is 1.55 bits per heavy atom. The van der Waals surface area contributed by atoms with Gasteiger partial charge in [-0.05, 0) is 29.2 Å². The third kappa shape index (κ3) is 2.44. The number of rotatable bonds is 4. The number of benzene rings is 2. The number of hydrogen-bond donors (Lipinski definition) is 2. The van der Waals surface area contributed by atoms with Crippen LogP contribution in [0.4, 0.5) is 0 Å². The Hall–Kier alpha value is -1.42. The van der Waals surface area contributed by atoms with Gasteiger partial charge in [0.05, 0.1) is 13.2 Å². The van der Waals surface area contributed by atoms with Gasteiger partial charge in [0.15, 0.2) is 0 Å². The van der Waals surface area contributed by atoms with E-state index in [0.29, 0.717) is 0 Å². The van der Waals surface area contributed by atoms with Crippen LogP contribution in [0.5, 0.6) is 0 Å². The first-order chi connectivity index (χ1) is 9.83. The molecule has 1 heterocycles. The van der Waals surface area contributed by atoms with Crippen LogP contribution in [0.25, 0.3) is 10.8 Å². The maximum atomic E-state index is 9.52.